The fourth-order valence-electron chi connectivity index (χ4n) is 2.92. The van der Waals surface area contributed by atoms with Crippen LogP contribution < -0.4 is 10.1 Å². The van der Waals surface area contributed by atoms with Gasteiger partial charge in [0.05, 0.1) is 5.75 Å². The summed E-state index contributed by atoms with van der Waals surface area (Å²) in [7, 11) is 0. The van der Waals surface area contributed by atoms with Crippen molar-refractivity contribution in [3.63, 3.8) is 0 Å². The summed E-state index contributed by atoms with van der Waals surface area (Å²) in [6, 6.07) is 22.5. The third kappa shape index (κ3) is 5.29. The molecule has 0 saturated heterocycles. The number of nitrogens with zero attached hydrogens (tertiary/aromatic N) is 4. The summed E-state index contributed by atoms with van der Waals surface area (Å²) < 4.78 is 7.72. The molecule has 0 atom stereocenters. The van der Waals surface area contributed by atoms with E-state index in [1.807, 2.05) is 84.3 Å². The van der Waals surface area contributed by atoms with E-state index in [-0.39, 0.29) is 11.7 Å². The Bertz CT molecular complexity index is 1130. The molecule has 1 amide bonds. The molecule has 0 saturated carbocycles. The molecule has 0 spiro atoms. The van der Waals surface area contributed by atoms with Crippen molar-refractivity contribution < 1.29 is 9.53 Å². The molecule has 0 unspecified atom stereocenters. The predicted molar refractivity (Wildman–Crippen MR) is 121 cm³/mol. The van der Waals surface area contributed by atoms with Gasteiger partial charge in [0, 0.05) is 18.4 Å². The summed E-state index contributed by atoms with van der Waals surface area (Å²) in [5, 5.41) is 12.1. The standard InChI is InChI=1S/C23H21N5O2S/c1-2-28-22(20-10-6-7-15-24-20)26-27-23(28)31-16-21(29)25-17-11-13-19(14-12-17)30-18-8-4-3-5-9-18/h3-15H,2,16H2,1H3,(H,25,29). The van der Waals surface area contributed by atoms with Gasteiger partial charge >= 0.3 is 0 Å². The quantitative estimate of drug-likeness (QED) is 0.400. The number of pyridine rings is 1. The Morgan fingerprint density at radius 3 is 2.42 bits per heavy atom. The molecule has 0 radical (unpaired) electrons. The molecule has 0 aliphatic heterocycles. The number of amides is 1. The van der Waals surface area contributed by atoms with Crippen molar-refractivity contribution in [1.82, 2.24) is 19.7 Å². The van der Waals surface area contributed by atoms with Gasteiger partial charge in [-0.25, -0.2) is 0 Å². The van der Waals surface area contributed by atoms with E-state index in [2.05, 4.69) is 20.5 Å². The van der Waals surface area contributed by atoms with Crippen LogP contribution in [0.4, 0.5) is 5.69 Å². The van der Waals surface area contributed by atoms with Crippen LogP contribution in [0.2, 0.25) is 0 Å². The van der Waals surface area contributed by atoms with Crippen molar-refractivity contribution in [3.8, 4) is 23.0 Å². The molecule has 2 aromatic heterocycles. The molecule has 4 aromatic rings. The van der Waals surface area contributed by atoms with Gasteiger partial charge < -0.3 is 14.6 Å². The first-order chi connectivity index (χ1) is 15.2. The zero-order valence-corrected chi connectivity index (χ0v) is 17.7. The van der Waals surface area contributed by atoms with Crippen LogP contribution in [0.15, 0.2) is 84.1 Å². The number of anilines is 1. The molecule has 2 aromatic carbocycles. The number of carbonyl (C=O) groups is 1. The van der Waals surface area contributed by atoms with Crippen LogP contribution in [-0.2, 0) is 11.3 Å². The fourth-order valence-corrected chi connectivity index (χ4v) is 3.73. The summed E-state index contributed by atoms with van der Waals surface area (Å²) in [5.74, 6) is 2.27. The Morgan fingerprint density at radius 2 is 1.71 bits per heavy atom. The molecule has 4 rings (SSSR count). The number of hydrogen-bond acceptors (Lipinski definition) is 6. The zero-order chi connectivity index (χ0) is 21.5. The molecule has 7 nitrogen and oxygen atoms in total. The van der Waals surface area contributed by atoms with Crippen molar-refractivity contribution >= 4 is 23.4 Å². The van der Waals surface area contributed by atoms with Gasteiger partial charge in [0.1, 0.15) is 17.2 Å². The van der Waals surface area contributed by atoms with Crippen LogP contribution in [0.5, 0.6) is 11.5 Å². The summed E-state index contributed by atoms with van der Waals surface area (Å²) >= 11 is 1.34. The average Bonchev–Trinajstić information content (AvgIpc) is 3.23. The maximum atomic E-state index is 12.4. The highest BCUT2D eigenvalue weighted by Gasteiger charge is 2.15. The van der Waals surface area contributed by atoms with E-state index >= 15 is 0 Å². The van der Waals surface area contributed by atoms with Crippen LogP contribution in [0.25, 0.3) is 11.5 Å². The van der Waals surface area contributed by atoms with E-state index < -0.39 is 0 Å². The fraction of sp³-hybridized carbons (Fsp3) is 0.130. The summed E-state index contributed by atoms with van der Waals surface area (Å²) in [4.78, 5) is 16.7. The first-order valence-corrected chi connectivity index (χ1v) is 10.8. The third-order valence-corrected chi connectivity index (χ3v) is 5.34. The molecule has 156 valence electrons. The topological polar surface area (TPSA) is 81.9 Å². The van der Waals surface area contributed by atoms with Gasteiger partial charge in [0.2, 0.25) is 5.91 Å². The van der Waals surface area contributed by atoms with Crippen molar-refractivity contribution in [2.24, 2.45) is 0 Å². The van der Waals surface area contributed by atoms with Crippen molar-refractivity contribution in [3.05, 3.63) is 79.0 Å². The minimum atomic E-state index is -0.119. The SMILES string of the molecule is CCn1c(SCC(=O)Nc2ccc(Oc3ccccc3)cc2)nnc1-c1ccccn1. The van der Waals surface area contributed by atoms with Crippen LogP contribution in [0.3, 0.4) is 0 Å². The van der Waals surface area contributed by atoms with Crippen molar-refractivity contribution in [2.75, 3.05) is 11.1 Å². The van der Waals surface area contributed by atoms with Crippen molar-refractivity contribution in [2.45, 2.75) is 18.6 Å². The molecule has 0 aliphatic carbocycles. The smallest absolute Gasteiger partial charge is 0.234 e. The first kappa shape index (κ1) is 20.6. The lowest BCUT2D eigenvalue weighted by atomic mass is 10.3. The summed E-state index contributed by atoms with van der Waals surface area (Å²) in [6.45, 7) is 2.70. The number of hydrogen-bond donors (Lipinski definition) is 1. The van der Waals surface area contributed by atoms with Gasteiger partial charge in [-0.2, -0.15) is 0 Å². The predicted octanol–water partition coefficient (Wildman–Crippen LogP) is 4.88. The Hall–Kier alpha value is -3.65. The number of carbonyl (C=O) groups excluding carboxylic acids is 1. The molecule has 2 heterocycles. The number of benzene rings is 2. The largest absolute Gasteiger partial charge is 0.457 e. The number of thioether (sulfide) groups is 1. The lowest BCUT2D eigenvalue weighted by Gasteiger charge is -2.09. The molecule has 0 aliphatic rings. The van der Waals surface area contributed by atoms with E-state index in [4.69, 9.17) is 4.74 Å². The number of para-hydroxylation sites is 1. The normalized spacial score (nSPS) is 10.6. The van der Waals surface area contributed by atoms with E-state index in [1.54, 1.807) is 6.20 Å². The minimum Gasteiger partial charge on any atom is -0.457 e. The summed E-state index contributed by atoms with van der Waals surface area (Å²) in [6.07, 6.45) is 1.72. The van der Waals surface area contributed by atoms with E-state index in [0.29, 0.717) is 29.0 Å². The van der Waals surface area contributed by atoms with Crippen LogP contribution in [0, 0.1) is 0 Å². The highest BCUT2D eigenvalue weighted by atomic mass is 32.2. The van der Waals surface area contributed by atoms with Gasteiger partial charge in [-0.15, -0.1) is 10.2 Å². The molecule has 0 fully saturated rings. The Labute approximate surface area is 184 Å². The maximum Gasteiger partial charge on any atom is 0.234 e. The number of nitrogens with one attached hydrogen (secondary N) is 1. The lowest BCUT2D eigenvalue weighted by molar-refractivity contribution is -0.113. The van der Waals surface area contributed by atoms with Gasteiger partial charge in [-0.1, -0.05) is 36.0 Å². The maximum absolute atomic E-state index is 12.4. The second-order valence-corrected chi connectivity index (χ2v) is 7.48. The first-order valence-electron chi connectivity index (χ1n) is 9.83. The Morgan fingerprint density at radius 1 is 0.968 bits per heavy atom. The average molecular weight is 432 g/mol. The highest BCUT2D eigenvalue weighted by Crippen LogP contribution is 2.24. The zero-order valence-electron chi connectivity index (χ0n) is 16.9. The van der Waals surface area contributed by atoms with Crippen LogP contribution in [0.1, 0.15) is 6.92 Å². The third-order valence-electron chi connectivity index (χ3n) is 4.38. The Balaban J connectivity index is 1.34. The minimum absolute atomic E-state index is 0.119. The van der Waals surface area contributed by atoms with Gasteiger partial charge in [-0.3, -0.25) is 9.78 Å². The Kier molecular flexibility index (Phi) is 6.59. The van der Waals surface area contributed by atoms with Crippen LogP contribution in [-0.4, -0.2) is 31.4 Å². The number of rotatable bonds is 8. The molecular formula is C23H21N5O2S. The molecule has 31 heavy (non-hydrogen) atoms. The lowest BCUT2D eigenvalue weighted by Crippen LogP contribution is -2.14. The second-order valence-electron chi connectivity index (χ2n) is 6.54. The van der Waals surface area contributed by atoms with Gasteiger partial charge in [0.25, 0.3) is 0 Å². The highest BCUT2D eigenvalue weighted by molar-refractivity contribution is 7.99. The van der Waals surface area contributed by atoms with Crippen LogP contribution >= 0.6 is 11.8 Å². The molecule has 1 N–H and O–H groups in total. The molecular weight excluding hydrogens is 410 g/mol. The number of aromatic nitrogens is 4. The van der Waals surface area contributed by atoms with Crippen molar-refractivity contribution in [1.29, 1.82) is 0 Å². The van der Waals surface area contributed by atoms with E-state index in [1.165, 1.54) is 11.8 Å². The second kappa shape index (κ2) is 9.90. The number of ether oxygens (including phenoxy) is 1. The van der Waals surface area contributed by atoms with E-state index in [9.17, 15) is 4.79 Å². The van der Waals surface area contributed by atoms with Gasteiger partial charge in [-0.05, 0) is 55.5 Å². The van der Waals surface area contributed by atoms with Gasteiger partial charge in [0.15, 0.2) is 11.0 Å². The summed E-state index contributed by atoms with van der Waals surface area (Å²) in [5.41, 5.74) is 1.46. The van der Waals surface area contributed by atoms with E-state index in [0.717, 1.165) is 11.4 Å². The molecule has 0 bridgehead atoms. The monoisotopic (exact) mass is 431 g/mol. The molecule has 8 heteroatoms.